The van der Waals surface area contributed by atoms with Crippen LogP contribution in [0.2, 0.25) is 0 Å². The Kier molecular flexibility index (Phi) is 3.82. The van der Waals surface area contributed by atoms with E-state index in [2.05, 4.69) is 0 Å². The number of fused-ring (bicyclic) bond motifs is 2. The second-order valence-electron chi connectivity index (χ2n) is 6.71. The van der Waals surface area contributed by atoms with Crippen LogP contribution in [0.1, 0.15) is 43.6 Å². The Morgan fingerprint density at radius 2 is 1.50 bits per heavy atom. The van der Waals surface area contributed by atoms with E-state index in [-0.39, 0.29) is 10.8 Å². The molecule has 3 aromatic rings. The second kappa shape index (κ2) is 5.87. The molecule has 3 nitrogen and oxygen atoms in total. The quantitative estimate of drug-likeness (QED) is 0.509. The van der Waals surface area contributed by atoms with Gasteiger partial charge in [-0.25, -0.2) is 0 Å². The van der Waals surface area contributed by atoms with Gasteiger partial charge in [-0.15, -0.1) is 0 Å². The molecule has 0 spiro atoms. The third-order valence-electron chi connectivity index (χ3n) is 5.17. The molecule has 1 aliphatic rings. The Morgan fingerprint density at radius 1 is 0.833 bits per heavy atom. The lowest BCUT2D eigenvalue weighted by molar-refractivity contribution is 0.435. The molecule has 0 aliphatic heterocycles. The summed E-state index contributed by atoms with van der Waals surface area (Å²) in [4.78, 5) is 0.109. The topological polar surface area (TPSA) is 54.4 Å². The Hall–Kier alpha value is -1.91. The molecule has 24 heavy (non-hydrogen) atoms. The van der Waals surface area contributed by atoms with E-state index in [0.717, 1.165) is 47.4 Å². The van der Waals surface area contributed by atoms with Crippen LogP contribution in [0.15, 0.2) is 53.4 Å². The summed E-state index contributed by atoms with van der Waals surface area (Å²) in [6.07, 6.45) is 5.41. The number of hydrogen-bond donors (Lipinski definition) is 1. The van der Waals surface area contributed by atoms with Crippen molar-refractivity contribution in [3.63, 3.8) is 0 Å². The summed E-state index contributed by atoms with van der Waals surface area (Å²) in [6.45, 7) is 0. The smallest absolute Gasteiger partial charge is 0.282 e. The lowest BCUT2D eigenvalue weighted by Gasteiger charge is -2.24. The van der Waals surface area contributed by atoms with E-state index in [0.29, 0.717) is 5.39 Å². The van der Waals surface area contributed by atoms with Crippen molar-refractivity contribution in [3.8, 4) is 0 Å². The van der Waals surface area contributed by atoms with Crippen molar-refractivity contribution >= 4 is 31.7 Å². The number of hydrogen-bond acceptors (Lipinski definition) is 2. The molecule has 1 saturated carbocycles. The van der Waals surface area contributed by atoms with Gasteiger partial charge in [-0.2, -0.15) is 8.42 Å². The van der Waals surface area contributed by atoms with Crippen LogP contribution in [0.25, 0.3) is 21.5 Å². The molecule has 4 heteroatoms. The zero-order valence-corrected chi connectivity index (χ0v) is 14.2. The largest absolute Gasteiger partial charge is 0.295 e. The highest BCUT2D eigenvalue weighted by molar-refractivity contribution is 7.86. The van der Waals surface area contributed by atoms with Crippen molar-refractivity contribution in [2.45, 2.75) is 42.9 Å². The standard InChI is InChI=1S/C20H20O3S/c21-24(22,23)20-18(14-6-2-1-3-7-14)11-10-17-12-15-8-4-5-9-16(15)13-19(17)20/h4-5,8-14H,1-3,6-7H2,(H,21,22,23). The zero-order chi connectivity index (χ0) is 16.7. The molecule has 3 aromatic carbocycles. The van der Waals surface area contributed by atoms with Crippen LogP contribution in [0.5, 0.6) is 0 Å². The third kappa shape index (κ3) is 2.70. The van der Waals surface area contributed by atoms with Crippen LogP contribution >= 0.6 is 0 Å². The van der Waals surface area contributed by atoms with Crippen molar-refractivity contribution < 1.29 is 13.0 Å². The minimum atomic E-state index is -4.28. The van der Waals surface area contributed by atoms with E-state index in [1.165, 1.54) is 6.42 Å². The first-order chi connectivity index (χ1) is 11.5. The first-order valence-corrected chi connectivity index (χ1v) is 9.91. The van der Waals surface area contributed by atoms with E-state index in [1.54, 1.807) is 0 Å². The summed E-state index contributed by atoms with van der Waals surface area (Å²) in [5.41, 5.74) is 0.778. The molecular formula is C20H20O3S. The zero-order valence-electron chi connectivity index (χ0n) is 13.4. The molecule has 1 aliphatic carbocycles. The highest BCUT2D eigenvalue weighted by atomic mass is 32.2. The van der Waals surface area contributed by atoms with Gasteiger partial charge in [-0.05, 0) is 52.6 Å². The highest BCUT2D eigenvalue weighted by Crippen LogP contribution is 2.39. The van der Waals surface area contributed by atoms with Gasteiger partial charge in [0, 0.05) is 5.39 Å². The molecule has 0 bridgehead atoms. The molecule has 0 saturated heterocycles. The maximum absolute atomic E-state index is 12.2. The van der Waals surface area contributed by atoms with E-state index in [4.69, 9.17) is 0 Å². The van der Waals surface area contributed by atoms with Crippen molar-refractivity contribution in [2.24, 2.45) is 0 Å². The van der Waals surface area contributed by atoms with Gasteiger partial charge in [0.25, 0.3) is 10.1 Å². The van der Waals surface area contributed by atoms with E-state index >= 15 is 0 Å². The molecule has 4 rings (SSSR count). The van der Waals surface area contributed by atoms with Crippen LogP contribution < -0.4 is 0 Å². The van der Waals surface area contributed by atoms with Gasteiger partial charge in [0.1, 0.15) is 4.90 Å². The Labute approximate surface area is 142 Å². The lowest BCUT2D eigenvalue weighted by Crippen LogP contribution is -2.11. The average Bonchev–Trinajstić information content (AvgIpc) is 2.58. The van der Waals surface area contributed by atoms with E-state index in [9.17, 15) is 13.0 Å². The van der Waals surface area contributed by atoms with Gasteiger partial charge in [0.2, 0.25) is 0 Å². The van der Waals surface area contributed by atoms with Crippen LogP contribution in [-0.4, -0.2) is 13.0 Å². The monoisotopic (exact) mass is 340 g/mol. The molecular weight excluding hydrogens is 320 g/mol. The summed E-state index contributed by atoms with van der Waals surface area (Å²) < 4.78 is 34.3. The molecule has 0 atom stereocenters. The molecule has 0 amide bonds. The maximum Gasteiger partial charge on any atom is 0.295 e. The van der Waals surface area contributed by atoms with Gasteiger partial charge in [0.05, 0.1) is 0 Å². The van der Waals surface area contributed by atoms with E-state index < -0.39 is 10.1 Å². The lowest BCUT2D eigenvalue weighted by atomic mass is 9.83. The third-order valence-corrected chi connectivity index (χ3v) is 6.14. The fourth-order valence-corrected chi connectivity index (χ4v) is 5.01. The second-order valence-corrected chi connectivity index (χ2v) is 8.07. The molecule has 124 valence electrons. The molecule has 0 heterocycles. The molecule has 1 fully saturated rings. The van der Waals surface area contributed by atoms with Crippen LogP contribution in [-0.2, 0) is 10.1 Å². The Bertz CT molecular complexity index is 1020. The number of benzene rings is 3. The minimum Gasteiger partial charge on any atom is -0.282 e. The summed E-state index contributed by atoms with van der Waals surface area (Å²) in [5.74, 6) is 0.214. The van der Waals surface area contributed by atoms with Gasteiger partial charge in [-0.3, -0.25) is 4.55 Å². The summed E-state index contributed by atoms with van der Waals surface area (Å²) >= 11 is 0. The number of rotatable bonds is 2. The first kappa shape index (κ1) is 15.6. The van der Waals surface area contributed by atoms with Gasteiger partial charge >= 0.3 is 0 Å². The van der Waals surface area contributed by atoms with E-state index in [1.807, 2.05) is 48.5 Å². The van der Waals surface area contributed by atoms with Crippen LogP contribution in [0.3, 0.4) is 0 Å². The van der Waals surface area contributed by atoms with Gasteiger partial charge in [-0.1, -0.05) is 55.7 Å². The normalized spacial score (nSPS) is 16.7. The summed E-state index contributed by atoms with van der Waals surface area (Å²) in [5, 5.41) is 3.52. The predicted octanol–water partition coefficient (Wildman–Crippen LogP) is 5.29. The molecule has 0 radical (unpaired) electrons. The predicted molar refractivity (Wildman–Crippen MR) is 97.1 cm³/mol. The molecule has 0 aromatic heterocycles. The van der Waals surface area contributed by atoms with Crippen LogP contribution in [0, 0.1) is 0 Å². The molecule has 1 N–H and O–H groups in total. The highest BCUT2D eigenvalue weighted by Gasteiger charge is 2.26. The van der Waals surface area contributed by atoms with Crippen molar-refractivity contribution in [1.82, 2.24) is 0 Å². The van der Waals surface area contributed by atoms with Crippen molar-refractivity contribution in [1.29, 1.82) is 0 Å². The van der Waals surface area contributed by atoms with Crippen molar-refractivity contribution in [2.75, 3.05) is 0 Å². The molecule has 0 unspecified atom stereocenters. The van der Waals surface area contributed by atoms with Gasteiger partial charge in [0.15, 0.2) is 0 Å². The Balaban J connectivity index is 2.04. The average molecular weight is 340 g/mol. The SMILES string of the molecule is O=S(=O)(O)c1c(C2CCCCC2)ccc2cc3ccccc3cc12. The fourth-order valence-electron chi connectivity index (χ4n) is 4.03. The van der Waals surface area contributed by atoms with Crippen molar-refractivity contribution in [3.05, 3.63) is 54.1 Å². The minimum absolute atomic E-state index is 0.109. The first-order valence-electron chi connectivity index (χ1n) is 8.47. The fraction of sp³-hybridized carbons (Fsp3) is 0.300. The van der Waals surface area contributed by atoms with Crippen LogP contribution in [0.4, 0.5) is 0 Å². The maximum atomic E-state index is 12.2. The van der Waals surface area contributed by atoms with Gasteiger partial charge < -0.3 is 0 Å². The Morgan fingerprint density at radius 3 is 2.17 bits per heavy atom. The summed E-state index contributed by atoms with van der Waals surface area (Å²) in [7, 11) is -4.28. The summed E-state index contributed by atoms with van der Waals surface area (Å²) in [6, 6.07) is 15.6.